The summed E-state index contributed by atoms with van der Waals surface area (Å²) in [4.78, 5) is 4.96. The molecule has 3 aromatic carbocycles. The number of aliphatic hydroxyl groups excluding tert-OH is 1. The second-order valence-electron chi connectivity index (χ2n) is 12.0. The number of nitrogens with one attached hydrogen (secondary N) is 2. The van der Waals surface area contributed by atoms with Crippen molar-refractivity contribution in [2.45, 2.75) is 54.6 Å². The number of aliphatic hydroxyl groups is 1. The summed E-state index contributed by atoms with van der Waals surface area (Å²) in [6.45, 7) is 2.80. The minimum absolute atomic E-state index is 0.0466. The molecule has 0 bridgehead atoms. The maximum Gasteiger partial charge on any atom is 0.238 e. The molecule has 1 saturated carbocycles. The molecule has 2 aliphatic carbocycles. The van der Waals surface area contributed by atoms with E-state index >= 15 is 0 Å². The average Bonchev–Trinajstić information content (AvgIpc) is 3.62. The van der Waals surface area contributed by atoms with E-state index in [9.17, 15) is 13.5 Å². The van der Waals surface area contributed by atoms with E-state index in [1.807, 2.05) is 30.3 Å². The number of hydrazine groups is 1. The van der Waals surface area contributed by atoms with E-state index < -0.39 is 16.1 Å². The molecule has 1 fully saturated rings. The first-order valence-corrected chi connectivity index (χ1v) is 16.7. The lowest BCUT2D eigenvalue weighted by molar-refractivity contribution is 0.157. The summed E-state index contributed by atoms with van der Waals surface area (Å²) in [5.74, 6) is 0.331. The molecule has 1 heterocycles. The van der Waals surface area contributed by atoms with Crippen molar-refractivity contribution in [2.75, 3.05) is 40.6 Å². The Morgan fingerprint density at radius 2 is 1.86 bits per heavy atom. The molecule has 234 valence electrons. The molecule has 1 aliphatic heterocycles. The van der Waals surface area contributed by atoms with Gasteiger partial charge in [-0.25, -0.2) is 19.0 Å². The highest BCUT2D eigenvalue weighted by Crippen LogP contribution is 2.46. The number of methoxy groups -OCH3 is 2. The minimum Gasteiger partial charge on any atom is -0.494 e. The molecule has 11 heteroatoms. The number of hydrogen-bond donors (Lipinski definition) is 4. The van der Waals surface area contributed by atoms with E-state index in [2.05, 4.69) is 28.0 Å². The number of fused-ring (bicyclic) bond motifs is 2. The van der Waals surface area contributed by atoms with Crippen LogP contribution in [-0.2, 0) is 21.2 Å². The molecule has 0 aromatic heterocycles. The van der Waals surface area contributed by atoms with Gasteiger partial charge in [0.15, 0.2) is 0 Å². The number of rotatable bonds is 11. The van der Waals surface area contributed by atoms with E-state index in [1.165, 1.54) is 18.9 Å². The Hall–Kier alpha value is -3.32. The molecule has 3 aliphatic rings. The van der Waals surface area contributed by atoms with Gasteiger partial charge in [-0.3, -0.25) is 10.0 Å². The molecule has 0 amide bonds. The highest BCUT2D eigenvalue weighted by Gasteiger charge is 2.37. The fourth-order valence-electron chi connectivity index (χ4n) is 7.07. The fourth-order valence-corrected chi connectivity index (χ4v) is 7.89. The Morgan fingerprint density at radius 3 is 2.61 bits per heavy atom. The van der Waals surface area contributed by atoms with Crippen LogP contribution >= 0.6 is 0 Å². The van der Waals surface area contributed by atoms with Crippen molar-refractivity contribution in [3.63, 3.8) is 0 Å². The summed E-state index contributed by atoms with van der Waals surface area (Å²) in [6, 6.07) is 17.0. The van der Waals surface area contributed by atoms with Gasteiger partial charge in [-0.15, -0.1) is 0 Å². The molecule has 2 unspecified atom stereocenters. The van der Waals surface area contributed by atoms with Crippen molar-refractivity contribution in [3.8, 4) is 16.9 Å². The van der Waals surface area contributed by atoms with Gasteiger partial charge in [0, 0.05) is 43.1 Å². The number of nitrogens with two attached hydrogens (primary N) is 1. The summed E-state index contributed by atoms with van der Waals surface area (Å²) in [6.07, 6.45) is 6.14. The van der Waals surface area contributed by atoms with Gasteiger partial charge in [-0.2, -0.15) is 0 Å². The quantitative estimate of drug-likeness (QED) is 0.240. The number of ether oxygens (including phenoxy) is 2. The molecular weight excluding hydrogens is 578 g/mol. The molecule has 0 radical (unpaired) electrons. The van der Waals surface area contributed by atoms with E-state index in [0.717, 1.165) is 53.2 Å². The minimum atomic E-state index is -3.93. The van der Waals surface area contributed by atoms with Crippen LogP contribution in [0.3, 0.4) is 0 Å². The van der Waals surface area contributed by atoms with E-state index in [0.29, 0.717) is 36.6 Å². The highest BCUT2D eigenvalue weighted by molar-refractivity contribution is 7.89. The number of benzene rings is 3. The Bertz CT molecular complexity index is 1760. The van der Waals surface area contributed by atoms with E-state index in [4.69, 9.17) is 19.6 Å². The Labute approximate surface area is 258 Å². The summed E-state index contributed by atoms with van der Waals surface area (Å²) >= 11 is 0. The second kappa shape index (κ2) is 12.6. The third-order valence-corrected chi connectivity index (χ3v) is 10.2. The van der Waals surface area contributed by atoms with Crippen molar-refractivity contribution in [1.82, 2.24) is 15.8 Å². The zero-order chi connectivity index (χ0) is 30.9. The van der Waals surface area contributed by atoms with Crippen LogP contribution in [0.15, 0.2) is 64.5 Å². The average molecular weight is 620 g/mol. The Kier molecular flexibility index (Phi) is 8.78. The smallest absolute Gasteiger partial charge is 0.238 e. The van der Waals surface area contributed by atoms with Gasteiger partial charge < -0.3 is 19.9 Å². The zero-order valence-corrected chi connectivity index (χ0v) is 26.1. The van der Waals surface area contributed by atoms with Crippen LogP contribution in [0.2, 0.25) is 0 Å². The van der Waals surface area contributed by atoms with Crippen LogP contribution in [0.4, 0.5) is 0 Å². The molecule has 10 nitrogen and oxygen atoms in total. The van der Waals surface area contributed by atoms with Gasteiger partial charge in [-0.1, -0.05) is 49.2 Å². The predicted molar refractivity (Wildman–Crippen MR) is 169 cm³/mol. The third kappa shape index (κ3) is 6.00. The van der Waals surface area contributed by atoms with Gasteiger partial charge in [0.25, 0.3) is 0 Å². The van der Waals surface area contributed by atoms with Crippen LogP contribution in [-0.4, -0.2) is 64.7 Å². The summed E-state index contributed by atoms with van der Waals surface area (Å²) < 4.78 is 35.7. The first-order chi connectivity index (χ1) is 21.2. The van der Waals surface area contributed by atoms with Crippen molar-refractivity contribution in [2.24, 2.45) is 10.1 Å². The van der Waals surface area contributed by atoms with E-state index in [1.54, 1.807) is 26.4 Å². The Balaban J connectivity index is 1.34. The van der Waals surface area contributed by atoms with Crippen LogP contribution in [0.1, 0.15) is 54.4 Å². The number of primary sulfonamides is 1. The molecule has 0 spiro atoms. The highest BCUT2D eigenvalue weighted by atomic mass is 32.2. The third-order valence-electron chi connectivity index (χ3n) is 9.16. The van der Waals surface area contributed by atoms with Crippen molar-refractivity contribution in [3.05, 3.63) is 81.9 Å². The molecular formula is C33H41N5O5S. The predicted octanol–water partition coefficient (Wildman–Crippen LogP) is 2.07. The lowest BCUT2D eigenvalue weighted by Gasteiger charge is -2.36. The second-order valence-corrected chi connectivity index (χ2v) is 13.5. The van der Waals surface area contributed by atoms with Gasteiger partial charge >= 0.3 is 0 Å². The maximum atomic E-state index is 12.3. The summed E-state index contributed by atoms with van der Waals surface area (Å²) in [5, 5.41) is 24.3. The van der Waals surface area contributed by atoms with Crippen LogP contribution in [0.25, 0.3) is 17.3 Å². The normalized spacial score (nSPS) is 20.5. The maximum absolute atomic E-state index is 12.3. The zero-order valence-electron chi connectivity index (χ0n) is 25.3. The summed E-state index contributed by atoms with van der Waals surface area (Å²) in [5.41, 5.74) is 7.71. The first-order valence-electron chi connectivity index (χ1n) is 15.1. The van der Waals surface area contributed by atoms with Crippen LogP contribution < -0.4 is 31.2 Å². The lowest BCUT2D eigenvalue weighted by Crippen LogP contribution is -2.58. The topological polar surface area (TPSA) is 139 Å². The number of nitrogens with zero attached hydrogens (tertiary/aromatic N) is 2. The van der Waals surface area contributed by atoms with Crippen LogP contribution in [0.5, 0.6) is 5.75 Å². The number of sulfonamides is 1. The van der Waals surface area contributed by atoms with Crippen molar-refractivity contribution >= 4 is 16.2 Å². The van der Waals surface area contributed by atoms with Crippen LogP contribution in [0, 0.1) is 0 Å². The van der Waals surface area contributed by atoms with Gasteiger partial charge in [0.2, 0.25) is 10.0 Å². The van der Waals surface area contributed by atoms with Crippen molar-refractivity contribution < 1.29 is 23.0 Å². The molecule has 44 heavy (non-hydrogen) atoms. The Morgan fingerprint density at radius 1 is 1.09 bits per heavy atom. The summed E-state index contributed by atoms with van der Waals surface area (Å²) in [7, 11) is -0.563. The molecule has 5 N–H and O–H groups in total. The van der Waals surface area contributed by atoms with Crippen molar-refractivity contribution in [1.29, 1.82) is 0 Å². The first kappa shape index (κ1) is 30.7. The number of hydrogen-bond acceptors (Lipinski definition) is 9. The van der Waals surface area contributed by atoms with Gasteiger partial charge in [-0.05, 0) is 65.3 Å². The van der Waals surface area contributed by atoms with Gasteiger partial charge in [0.05, 0.1) is 24.7 Å². The standard InChI is InChI=1S/C33H41N5O5S/c1-42-15-14-35-20-33(12-5-6-13-33)37-38-19-23-16-22(17-29(43-2)31(23)36-21-38)24-8-3-4-9-25(24)28-18-27-26(32(28)39)10-7-11-30(27)44(34,40)41/h3-4,7-11,16-17,19,28,32,35,37,39H,5-6,12-15,18,20-21H2,1-2H3,(H2,34,40,41). The fraction of sp³-hybridized carbons (Fsp3) is 0.424. The monoisotopic (exact) mass is 619 g/mol. The van der Waals surface area contributed by atoms with Gasteiger partial charge in [0.1, 0.15) is 17.8 Å². The molecule has 6 rings (SSSR count). The molecule has 0 saturated heterocycles. The molecule has 3 aromatic rings. The largest absolute Gasteiger partial charge is 0.494 e. The lowest BCUT2D eigenvalue weighted by atomic mass is 9.87. The van der Waals surface area contributed by atoms with E-state index in [-0.39, 0.29) is 16.4 Å². The SMILES string of the molecule is COCCNCC1(NN2C=c3cc(-c4ccccc4C4Cc5c(cccc5S(N)(=O)=O)C4O)cc(OC)c3=NC2)CCCC1. The molecule has 2 atom stereocenters.